The number of hydrogen-bond donors (Lipinski definition) is 1. The van der Waals surface area contributed by atoms with Crippen molar-refractivity contribution < 1.29 is 4.74 Å². The molecular weight excluding hydrogens is 152 g/mol. The number of nitrogens with two attached hydrogens (primary N) is 1. The normalized spacial score (nSPS) is 12.8. The fourth-order valence-corrected chi connectivity index (χ4v) is 1.06. The Morgan fingerprint density at radius 1 is 1.58 bits per heavy atom. The average Bonchev–Trinajstić information content (AvgIpc) is 2.06. The van der Waals surface area contributed by atoms with Crippen molar-refractivity contribution in [1.29, 1.82) is 0 Å². The van der Waals surface area contributed by atoms with Crippen LogP contribution in [0.5, 0.6) is 0 Å². The van der Waals surface area contributed by atoms with E-state index in [2.05, 4.69) is 4.98 Å². The first kappa shape index (κ1) is 9.16. The lowest BCUT2D eigenvalue weighted by Gasteiger charge is -2.08. The minimum absolute atomic E-state index is 0.0462. The van der Waals surface area contributed by atoms with E-state index in [0.29, 0.717) is 6.61 Å². The lowest BCUT2D eigenvalue weighted by Crippen LogP contribution is -2.28. The second-order valence-corrected chi connectivity index (χ2v) is 2.74. The van der Waals surface area contributed by atoms with Crippen LogP contribution in [0.2, 0.25) is 0 Å². The third-order valence-corrected chi connectivity index (χ3v) is 1.58. The van der Waals surface area contributed by atoms with Gasteiger partial charge < -0.3 is 10.5 Å². The summed E-state index contributed by atoms with van der Waals surface area (Å²) in [6.07, 6.45) is 2.55. The van der Waals surface area contributed by atoms with Crippen LogP contribution in [0.15, 0.2) is 24.4 Å². The topological polar surface area (TPSA) is 48.1 Å². The van der Waals surface area contributed by atoms with Crippen molar-refractivity contribution in [3.63, 3.8) is 0 Å². The van der Waals surface area contributed by atoms with Crippen molar-refractivity contribution in [2.45, 2.75) is 12.5 Å². The highest BCUT2D eigenvalue weighted by molar-refractivity contribution is 5.04. The maximum Gasteiger partial charge on any atom is 0.0617 e. The molecule has 3 heteroatoms. The molecule has 3 nitrogen and oxygen atoms in total. The number of ether oxygens (including phenoxy) is 1. The molecule has 0 radical (unpaired) electrons. The van der Waals surface area contributed by atoms with Crippen LogP contribution in [-0.2, 0) is 11.2 Å². The molecule has 0 aliphatic heterocycles. The molecule has 1 rings (SSSR count). The van der Waals surface area contributed by atoms with E-state index in [1.165, 1.54) is 0 Å². The Hall–Kier alpha value is -0.930. The summed E-state index contributed by atoms with van der Waals surface area (Å²) in [4.78, 5) is 4.17. The number of pyridine rings is 1. The van der Waals surface area contributed by atoms with Gasteiger partial charge in [-0.2, -0.15) is 0 Å². The lowest BCUT2D eigenvalue weighted by molar-refractivity contribution is 0.179. The number of methoxy groups -OCH3 is 1. The van der Waals surface area contributed by atoms with Gasteiger partial charge in [-0.05, 0) is 12.1 Å². The van der Waals surface area contributed by atoms with Crippen LogP contribution in [0.3, 0.4) is 0 Å². The van der Waals surface area contributed by atoms with Crippen LogP contribution in [-0.4, -0.2) is 24.7 Å². The Morgan fingerprint density at radius 3 is 3.00 bits per heavy atom. The SMILES string of the molecule is COC[C@H](N)Cc1ccccn1. The van der Waals surface area contributed by atoms with Gasteiger partial charge >= 0.3 is 0 Å². The highest BCUT2D eigenvalue weighted by Gasteiger charge is 2.02. The van der Waals surface area contributed by atoms with Gasteiger partial charge in [0.25, 0.3) is 0 Å². The van der Waals surface area contributed by atoms with Crippen molar-refractivity contribution in [3.8, 4) is 0 Å². The van der Waals surface area contributed by atoms with Crippen LogP contribution in [0, 0.1) is 0 Å². The van der Waals surface area contributed by atoms with E-state index in [1.54, 1.807) is 13.3 Å². The Kier molecular flexibility index (Phi) is 3.70. The van der Waals surface area contributed by atoms with Crippen molar-refractivity contribution in [2.75, 3.05) is 13.7 Å². The zero-order chi connectivity index (χ0) is 8.81. The first-order valence-electron chi connectivity index (χ1n) is 3.97. The van der Waals surface area contributed by atoms with Crippen LogP contribution in [0.1, 0.15) is 5.69 Å². The van der Waals surface area contributed by atoms with Gasteiger partial charge in [0.05, 0.1) is 6.61 Å². The summed E-state index contributed by atoms with van der Waals surface area (Å²) < 4.78 is 4.92. The number of rotatable bonds is 4. The Morgan fingerprint density at radius 2 is 2.42 bits per heavy atom. The zero-order valence-corrected chi connectivity index (χ0v) is 7.23. The van der Waals surface area contributed by atoms with E-state index in [-0.39, 0.29) is 6.04 Å². The molecule has 0 saturated heterocycles. The summed E-state index contributed by atoms with van der Waals surface area (Å²) in [5.41, 5.74) is 6.77. The maximum atomic E-state index is 5.75. The van der Waals surface area contributed by atoms with Crippen LogP contribution < -0.4 is 5.73 Å². The fourth-order valence-electron chi connectivity index (χ4n) is 1.06. The number of nitrogens with zero attached hydrogens (tertiary/aromatic N) is 1. The van der Waals surface area contributed by atoms with Crippen LogP contribution in [0.25, 0.3) is 0 Å². The lowest BCUT2D eigenvalue weighted by atomic mass is 10.2. The van der Waals surface area contributed by atoms with Gasteiger partial charge in [-0.15, -0.1) is 0 Å². The molecule has 0 aliphatic carbocycles. The second kappa shape index (κ2) is 4.85. The molecule has 0 fully saturated rings. The molecule has 0 spiro atoms. The van der Waals surface area contributed by atoms with Crippen molar-refractivity contribution in [2.24, 2.45) is 5.73 Å². The van der Waals surface area contributed by atoms with Gasteiger partial charge in [-0.25, -0.2) is 0 Å². The summed E-state index contributed by atoms with van der Waals surface area (Å²) >= 11 is 0. The van der Waals surface area contributed by atoms with E-state index >= 15 is 0 Å². The molecule has 0 aliphatic rings. The third-order valence-electron chi connectivity index (χ3n) is 1.58. The minimum atomic E-state index is 0.0462. The van der Waals surface area contributed by atoms with Crippen molar-refractivity contribution in [3.05, 3.63) is 30.1 Å². The predicted molar refractivity (Wildman–Crippen MR) is 47.8 cm³/mol. The predicted octanol–water partition coefficient (Wildman–Crippen LogP) is 0.598. The average molecular weight is 166 g/mol. The molecule has 1 aromatic rings. The highest BCUT2D eigenvalue weighted by Crippen LogP contribution is 1.97. The maximum absolute atomic E-state index is 5.75. The van der Waals surface area contributed by atoms with Gasteiger partial charge in [-0.1, -0.05) is 6.07 Å². The van der Waals surface area contributed by atoms with Gasteiger partial charge in [0.15, 0.2) is 0 Å². The molecule has 1 heterocycles. The Bertz CT molecular complexity index is 213. The quantitative estimate of drug-likeness (QED) is 0.712. The molecule has 1 atom stereocenters. The number of hydrogen-bond acceptors (Lipinski definition) is 3. The van der Waals surface area contributed by atoms with E-state index in [4.69, 9.17) is 10.5 Å². The van der Waals surface area contributed by atoms with Gasteiger partial charge in [0.2, 0.25) is 0 Å². The van der Waals surface area contributed by atoms with Gasteiger partial charge in [0.1, 0.15) is 0 Å². The standard InChI is InChI=1S/C9H14N2O/c1-12-7-8(10)6-9-4-2-3-5-11-9/h2-5,8H,6-7,10H2,1H3/t8-/m1/s1. The molecular formula is C9H14N2O. The number of aromatic nitrogens is 1. The van der Waals surface area contributed by atoms with Crippen molar-refractivity contribution >= 4 is 0 Å². The van der Waals surface area contributed by atoms with Crippen molar-refractivity contribution in [1.82, 2.24) is 4.98 Å². The smallest absolute Gasteiger partial charge is 0.0617 e. The summed E-state index contributed by atoms with van der Waals surface area (Å²) in [6, 6.07) is 5.87. The molecule has 0 aromatic carbocycles. The third kappa shape index (κ3) is 2.98. The van der Waals surface area contributed by atoms with E-state index in [1.807, 2.05) is 18.2 Å². The fraction of sp³-hybridized carbons (Fsp3) is 0.444. The molecule has 66 valence electrons. The molecule has 0 unspecified atom stereocenters. The summed E-state index contributed by atoms with van der Waals surface area (Å²) in [5.74, 6) is 0. The molecule has 0 saturated carbocycles. The molecule has 1 aromatic heterocycles. The second-order valence-electron chi connectivity index (χ2n) is 2.74. The summed E-state index contributed by atoms with van der Waals surface area (Å²) in [5, 5.41) is 0. The Balaban J connectivity index is 2.41. The van der Waals surface area contributed by atoms with Gasteiger partial charge in [-0.3, -0.25) is 4.98 Å². The van der Waals surface area contributed by atoms with Crippen LogP contribution in [0.4, 0.5) is 0 Å². The van der Waals surface area contributed by atoms with E-state index in [9.17, 15) is 0 Å². The Labute approximate surface area is 72.6 Å². The van der Waals surface area contributed by atoms with Crippen LogP contribution >= 0.6 is 0 Å². The van der Waals surface area contributed by atoms with E-state index in [0.717, 1.165) is 12.1 Å². The van der Waals surface area contributed by atoms with Gasteiger partial charge in [0, 0.05) is 31.5 Å². The first-order valence-corrected chi connectivity index (χ1v) is 3.97. The molecule has 0 amide bonds. The minimum Gasteiger partial charge on any atom is -0.383 e. The molecule has 12 heavy (non-hydrogen) atoms. The largest absolute Gasteiger partial charge is 0.383 e. The molecule has 2 N–H and O–H groups in total. The molecule has 0 bridgehead atoms. The highest BCUT2D eigenvalue weighted by atomic mass is 16.5. The van der Waals surface area contributed by atoms with E-state index < -0.39 is 0 Å². The zero-order valence-electron chi connectivity index (χ0n) is 7.23. The summed E-state index contributed by atoms with van der Waals surface area (Å²) in [7, 11) is 1.65. The monoisotopic (exact) mass is 166 g/mol. The summed E-state index contributed by atoms with van der Waals surface area (Å²) in [6.45, 7) is 0.580. The first-order chi connectivity index (χ1) is 5.83.